The van der Waals surface area contributed by atoms with Crippen LogP contribution in [0, 0.1) is 17.3 Å². The molecule has 0 amide bonds. The predicted octanol–water partition coefficient (Wildman–Crippen LogP) is 3.31. The van der Waals surface area contributed by atoms with Gasteiger partial charge < -0.3 is 5.73 Å². The topological polar surface area (TPSA) is 60.2 Å². The van der Waals surface area contributed by atoms with Crippen molar-refractivity contribution in [3.8, 4) is 0 Å². The lowest BCUT2D eigenvalue weighted by atomic mass is 9.69. The molecule has 1 aromatic rings. The van der Waals surface area contributed by atoms with Gasteiger partial charge in [-0.05, 0) is 54.5 Å². The van der Waals surface area contributed by atoms with Crippen molar-refractivity contribution in [2.45, 2.75) is 49.5 Å². The fourth-order valence-corrected chi connectivity index (χ4v) is 6.53. The summed E-state index contributed by atoms with van der Waals surface area (Å²) in [5.41, 5.74) is 5.99. The molecule has 0 bridgehead atoms. The molecular formula is C15H25NO2S2. The van der Waals surface area contributed by atoms with Crippen molar-refractivity contribution in [1.29, 1.82) is 0 Å². The lowest BCUT2D eigenvalue weighted by molar-refractivity contribution is 0.154. The van der Waals surface area contributed by atoms with Gasteiger partial charge in [0.1, 0.15) is 4.21 Å². The zero-order chi connectivity index (χ0) is 15.0. The highest BCUT2D eigenvalue weighted by molar-refractivity contribution is 7.94. The van der Waals surface area contributed by atoms with Gasteiger partial charge in [0.2, 0.25) is 0 Å². The first-order valence-corrected chi connectivity index (χ1v) is 9.67. The third-order valence-electron chi connectivity index (χ3n) is 4.63. The van der Waals surface area contributed by atoms with Crippen LogP contribution in [0.1, 0.15) is 40.0 Å². The van der Waals surface area contributed by atoms with Crippen LogP contribution in [0.25, 0.3) is 0 Å². The molecule has 1 saturated carbocycles. The van der Waals surface area contributed by atoms with Gasteiger partial charge in [0.25, 0.3) is 0 Å². The molecule has 0 saturated heterocycles. The van der Waals surface area contributed by atoms with E-state index in [2.05, 4.69) is 20.8 Å². The lowest BCUT2D eigenvalue weighted by Gasteiger charge is -2.41. The molecule has 1 fully saturated rings. The van der Waals surface area contributed by atoms with Crippen molar-refractivity contribution < 1.29 is 8.42 Å². The third kappa shape index (κ3) is 3.10. The lowest BCUT2D eigenvalue weighted by Crippen LogP contribution is -2.42. The largest absolute Gasteiger partial charge is 0.330 e. The monoisotopic (exact) mass is 315 g/mol. The fraction of sp³-hybridized carbons (Fsp3) is 0.733. The molecule has 20 heavy (non-hydrogen) atoms. The molecule has 0 aliphatic heterocycles. The van der Waals surface area contributed by atoms with Gasteiger partial charge in [0.15, 0.2) is 9.84 Å². The summed E-state index contributed by atoms with van der Waals surface area (Å²) >= 11 is 1.32. The number of hydrogen-bond acceptors (Lipinski definition) is 4. The average molecular weight is 316 g/mol. The normalized spacial score (nSPS) is 28.5. The number of nitrogens with two attached hydrogens (primary N) is 1. The van der Waals surface area contributed by atoms with E-state index in [1.165, 1.54) is 11.3 Å². The van der Waals surface area contributed by atoms with E-state index in [0.717, 1.165) is 19.3 Å². The molecule has 0 spiro atoms. The van der Waals surface area contributed by atoms with Crippen molar-refractivity contribution in [2.24, 2.45) is 23.0 Å². The van der Waals surface area contributed by atoms with E-state index in [1.807, 2.05) is 5.38 Å². The van der Waals surface area contributed by atoms with Crippen LogP contribution in [-0.2, 0) is 9.84 Å². The van der Waals surface area contributed by atoms with Crippen LogP contribution in [0.5, 0.6) is 0 Å². The summed E-state index contributed by atoms with van der Waals surface area (Å²) in [6.07, 6.45) is 2.75. The minimum atomic E-state index is -3.23. The maximum absolute atomic E-state index is 12.8. The molecule has 5 heteroatoms. The predicted molar refractivity (Wildman–Crippen MR) is 84.6 cm³/mol. The minimum Gasteiger partial charge on any atom is -0.330 e. The van der Waals surface area contributed by atoms with Crippen LogP contribution in [0.15, 0.2) is 21.7 Å². The van der Waals surface area contributed by atoms with Crippen LogP contribution in [0.2, 0.25) is 0 Å². The van der Waals surface area contributed by atoms with E-state index in [-0.39, 0.29) is 16.6 Å². The van der Waals surface area contributed by atoms with Crippen molar-refractivity contribution >= 4 is 21.2 Å². The molecule has 1 heterocycles. The van der Waals surface area contributed by atoms with Crippen LogP contribution < -0.4 is 5.73 Å². The molecule has 114 valence electrons. The SMILES string of the molecule is CC(C)(C)C1CCC(CN)C(S(=O)(=O)c2cccs2)C1. The maximum Gasteiger partial charge on any atom is 0.190 e. The van der Waals surface area contributed by atoms with Crippen LogP contribution >= 0.6 is 11.3 Å². The Bertz CT molecular complexity index is 529. The third-order valence-corrected chi connectivity index (χ3v) is 8.35. The smallest absolute Gasteiger partial charge is 0.190 e. The molecule has 3 nitrogen and oxygen atoms in total. The molecule has 2 N–H and O–H groups in total. The van der Waals surface area contributed by atoms with E-state index in [4.69, 9.17) is 5.73 Å². The molecule has 1 aromatic heterocycles. The van der Waals surface area contributed by atoms with Crippen LogP contribution in [-0.4, -0.2) is 20.2 Å². The molecule has 1 aliphatic rings. The summed E-state index contributed by atoms with van der Waals surface area (Å²) in [4.78, 5) is 0. The second-order valence-corrected chi connectivity index (χ2v) is 10.2. The molecular weight excluding hydrogens is 290 g/mol. The second kappa shape index (κ2) is 5.78. The van der Waals surface area contributed by atoms with Crippen LogP contribution in [0.3, 0.4) is 0 Å². The van der Waals surface area contributed by atoms with Gasteiger partial charge in [0.05, 0.1) is 5.25 Å². The van der Waals surface area contributed by atoms with Crippen molar-refractivity contribution in [1.82, 2.24) is 0 Å². The van der Waals surface area contributed by atoms with E-state index >= 15 is 0 Å². The molecule has 2 rings (SSSR count). The number of thiophene rings is 1. The van der Waals surface area contributed by atoms with E-state index in [1.54, 1.807) is 12.1 Å². The number of sulfone groups is 1. The van der Waals surface area contributed by atoms with Crippen molar-refractivity contribution in [3.63, 3.8) is 0 Å². The van der Waals surface area contributed by atoms with Gasteiger partial charge >= 0.3 is 0 Å². The first-order chi connectivity index (χ1) is 9.26. The van der Waals surface area contributed by atoms with Gasteiger partial charge in [-0.2, -0.15) is 0 Å². The van der Waals surface area contributed by atoms with Crippen molar-refractivity contribution in [3.05, 3.63) is 17.5 Å². The molecule has 1 aliphatic carbocycles. The molecule has 0 aromatic carbocycles. The zero-order valence-electron chi connectivity index (χ0n) is 12.5. The molecule has 3 unspecified atom stereocenters. The first kappa shape index (κ1) is 16.0. The fourth-order valence-electron chi connectivity index (χ4n) is 3.20. The Hall–Kier alpha value is -0.390. The maximum atomic E-state index is 12.8. The summed E-state index contributed by atoms with van der Waals surface area (Å²) in [6, 6.07) is 3.52. The quantitative estimate of drug-likeness (QED) is 0.931. The number of hydrogen-bond donors (Lipinski definition) is 1. The van der Waals surface area contributed by atoms with Gasteiger partial charge in [-0.15, -0.1) is 11.3 Å². The number of rotatable bonds is 3. The molecule has 0 radical (unpaired) electrons. The Labute approximate surface area is 126 Å². The van der Waals surface area contributed by atoms with E-state index < -0.39 is 9.84 Å². The summed E-state index contributed by atoms with van der Waals surface area (Å²) in [5, 5.41) is 1.51. The average Bonchev–Trinajstić information content (AvgIpc) is 2.91. The van der Waals surface area contributed by atoms with E-state index in [0.29, 0.717) is 16.7 Å². The Kier molecular flexibility index (Phi) is 4.62. The minimum absolute atomic E-state index is 0.0979. The Morgan fingerprint density at radius 3 is 2.55 bits per heavy atom. The second-order valence-electron chi connectivity index (χ2n) is 6.89. The zero-order valence-corrected chi connectivity index (χ0v) is 14.1. The highest BCUT2D eigenvalue weighted by atomic mass is 32.2. The van der Waals surface area contributed by atoms with Gasteiger partial charge in [-0.25, -0.2) is 8.42 Å². The van der Waals surface area contributed by atoms with Gasteiger partial charge in [-0.3, -0.25) is 0 Å². The van der Waals surface area contributed by atoms with Gasteiger partial charge in [0, 0.05) is 0 Å². The van der Waals surface area contributed by atoms with Crippen molar-refractivity contribution in [2.75, 3.05) is 6.54 Å². The summed E-state index contributed by atoms with van der Waals surface area (Å²) < 4.78 is 26.2. The first-order valence-electron chi connectivity index (χ1n) is 7.24. The summed E-state index contributed by atoms with van der Waals surface area (Å²) in [7, 11) is -3.23. The highest BCUT2D eigenvalue weighted by Gasteiger charge is 2.42. The Morgan fingerprint density at radius 2 is 2.05 bits per heavy atom. The Balaban J connectivity index is 2.31. The summed E-state index contributed by atoms with van der Waals surface area (Å²) in [5.74, 6) is 0.547. The Morgan fingerprint density at radius 1 is 1.35 bits per heavy atom. The highest BCUT2D eigenvalue weighted by Crippen LogP contribution is 2.43. The van der Waals surface area contributed by atoms with Gasteiger partial charge in [-0.1, -0.05) is 26.8 Å². The van der Waals surface area contributed by atoms with Crippen LogP contribution in [0.4, 0.5) is 0 Å². The standard InChI is InChI=1S/C15H25NO2S2/c1-15(2,3)12-7-6-11(10-16)13(9-12)20(17,18)14-5-4-8-19-14/h4-5,8,11-13H,6-7,9-10,16H2,1-3H3. The summed E-state index contributed by atoms with van der Waals surface area (Å²) in [6.45, 7) is 7.08. The van der Waals surface area contributed by atoms with E-state index in [9.17, 15) is 8.42 Å². The molecule has 3 atom stereocenters.